The number of amides is 1. The van der Waals surface area contributed by atoms with Gasteiger partial charge in [0, 0.05) is 24.8 Å². The highest BCUT2D eigenvalue weighted by Crippen LogP contribution is 2.40. The first-order chi connectivity index (χ1) is 19.5. The molecule has 5 heterocycles. The van der Waals surface area contributed by atoms with Crippen LogP contribution in [0.15, 0.2) is 42.6 Å². The highest BCUT2D eigenvalue weighted by Gasteiger charge is 2.45. The van der Waals surface area contributed by atoms with E-state index >= 15 is 4.39 Å². The lowest BCUT2D eigenvalue weighted by Crippen LogP contribution is -2.43. The van der Waals surface area contributed by atoms with Gasteiger partial charge >= 0.3 is 6.01 Å². The molecule has 0 saturated carbocycles. The smallest absolute Gasteiger partial charge is 0.319 e. The highest BCUT2D eigenvalue weighted by atomic mass is 19.1. The van der Waals surface area contributed by atoms with Crippen molar-refractivity contribution < 1.29 is 19.0 Å². The Morgan fingerprint density at radius 2 is 1.88 bits per heavy atom. The monoisotopic (exact) mass is 542 g/mol. The van der Waals surface area contributed by atoms with Gasteiger partial charge in [-0.3, -0.25) is 14.7 Å². The minimum atomic E-state index is -0.623. The van der Waals surface area contributed by atoms with Crippen LogP contribution in [0.2, 0.25) is 0 Å². The Hall–Kier alpha value is -4.05. The quantitative estimate of drug-likeness (QED) is 0.390. The highest BCUT2D eigenvalue weighted by molar-refractivity contribution is 6.00. The molecule has 3 aliphatic heterocycles. The number of phenolic OH excluding ortho intramolecular Hbond substituents is 1. The number of nitrogens with zero attached hydrogens (tertiary/aromatic N) is 5. The maximum Gasteiger partial charge on any atom is 0.319 e. The standard InChI is InChI=1S/C30H31FN6O3/c31-25-26(22-15-20(38)14-19-6-1-2-7-21(19)22)33-16-23-27(25)34-29(35-28(23)36-11-5-10-32-24(39)17-36)40-18-30-8-3-12-37(30)13-4-9-30/h1-2,6-7,14-16,38H,3-5,8-13,17-18H2,(H,32,39). The molecular formula is C30H31FN6O3. The van der Waals surface area contributed by atoms with Crippen molar-refractivity contribution in [3.05, 3.63) is 48.4 Å². The number of aromatic hydroxyl groups is 1. The molecule has 0 radical (unpaired) electrons. The number of hydrogen-bond donors (Lipinski definition) is 2. The van der Waals surface area contributed by atoms with E-state index in [4.69, 9.17) is 9.72 Å². The molecular weight excluding hydrogens is 511 g/mol. The summed E-state index contributed by atoms with van der Waals surface area (Å²) in [7, 11) is 0. The summed E-state index contributed by atoms with van der Waals surface area (Å²) in [6, 6.07) is 10.7. The molecule has 2 aromatic carbocycles. The first-order valence-corrected chi connectivity index (χ1v) is 14.0. The van der Waals surface area contributed by atoms with Crippen LogP contribution in [0, 0.1) is 5.82 Å². The molecule has 4 aromatic rings. The molecule has 1 amide bonds. The minimum Gasteiger partial charge on any atom is -0.508 e. The van der Waals surface area contributed by atoms with Crippen molar-refractivity contribution in [2.45, 2.75) is 37.6 Å². The zero-order chi connectivity index (χ0) is 27.3. The van der Waals surface area contributed by atoms with Crippen molar-refractivity contribution >= 4 is 33.4 Å². The molecule has 2 N–H and O–H groups in total. The Morgan fingerprint density at radius 3 is 2.73 bits per heavy atom. The Morgan fingerprint density at radius 1 is 1.05 bits per heavy atom. The van der Waals surface area contributed by atoms with E-state index < -0.39 is 5.82 Å². The first-order valence-electron chi connectivity index (χ1n) is 14.0. The van der Waals surface area contributed by atoms with Crippen LogP contribution < -0.4 is 15.0 Å². The molecule has 206 valence electrons. The summed E-state index contributed by atoms with van der Waals surface area (Å²) in [5.41, 5.74) is 0.608. The number of anilines is 1. The first kappa shape index (κ1) is 25.0. The third kappa shape index (κ3) is 4.27. The maximum atomic E-state index is 16.5. The normalized spacial score (nSPS) is 19.1. The summed E-state index contributed by atoms with van der Waals surface area (Å²) in [4.78, 5) is 30.6. The SMILES string of the molecule is O=C1CN(c2nc(OCC34CCCN3CCC4)nc3c(F)c(-c4cc(O)cc5ccccc45)ncc23)CCCN1. The lowest BCUT2D eigenvalue weighted by Gasteiger charge is -2.31. The summed E-state index contributed by atoms with van der Waals surface area (Å²) in [6.45, 7) is 3.82. The average molecular weight is 543 g/mol. The van der Waals surface area contributed by atoms with E-state index in [1.807, 2.05) is 29.2 Å². The summed E-state index contributed by atoms with van der Waals surface area (Å²) in [5.74, 6) is -0.283. The summed E-state index contributed by atoms with van der Waals surface area (Å²) >= 11 is 0. The molecule has 0 spiro atoms. The Bertz CT molecular complexity index is 1620. The van der Waals surface area contributed by atoms with E-state index in [2.05, 4.69) is 20.2 Å². The number of nitrogens with one attached hydrogen (secondary N) is 1. The molecule has 40 heavy (non-hydrogen) atoms. The molecule has 3 fully saturated rings. The zero-order valence-corrected chi connectivity index (χ0v) is 22.2. The molecule has 10 heteroatoms. The Labute approximate surface area is 231 Å². The molecule has 2 aromatic heterocycles. The molecule has 7 rings (SSSR count). The van der Waals surface area contributed by atoms with Gasteiger partial charge in [-0.15, -0.1) is 0 Å². The number of phenols is 1. The molecule has 0 bridgehead atoms. The zero-order valence-electron chi connectivity index (χ0n) is 22.2. The van der Waals surface area contributed by atoms with Gasteiger partial charge in [-0.25, -0.2) is 4.39 Å². The predicted octanol–water partition coefficient (Wildman–Crippen LogP) is 4.02. The summed E-state index contributed by atoms with van der Waals surface area (Å²) < 4.78 is 22.7. The number of halogens is 1. The number of benzene rings is 2. The van der Waals surface area contributed by atoms with Gasteiger partial charge in [0.15, 0.2) is 5.82 Å². The van der Waals surface area contributed by atoms with E-state index in [0.717, 1.165) is 56.0 Å². The molecule has 3 saturated heterocycles. The lowest BCUT2D eigenvalue weighted by molar-refractivity contribution is -0.119. The van der Waals surface area contributed by atoms with Crippen molar-refractivity contribution in [2.24, 2.45) is 0 Å². The largest absolute Gasteiger partial charge is 0.508 e. The fraction of sp³-hybridized carbons (Fsp3) is 0.400. The van der Waals surface area contributed by atoms with Crippen LogP contribution in [0.4, 0.5) is 10.2 Å². The van der Waals surface area contributed by atoms with Crippen LogP contribution in [-0.4, -0.2) is 75.7 Å². The van der Waals surface area contributed by atoms with Crippen LogP contribution in [-0.2, 0) is 4.79 Å². The number of fused-ring (bicyclic) bond motifs is 3. The summed E-state index contributed by atoms with van der Waals surface area (Å²) in [6.07, 6.45) is 6.69. The fourth-order valence-corrected chi connectivity index (χ4v) is 6.65. The van der Waals surface area contributed by atoms with Crippen LogP contribution in [0.1, 0.15) is 32.1 Å². The van der Waals surface area contributed by atoms with Gasteiger partial charge in [0.1, 0.15) is 29.4 Å². The lowest BCUT2D eigenvalue weighted by atomic mass is 9.95. The number of carbonyl (C=O) groups is 1. The van der Waals surface area contributed by atoms with E-state index in [9.17, 15) is 9.90 Å². The van der Waals surface area contributed by atoms with E-state index in [1.165, 1.54) is 6.07 Å². The van der Waals surface area contributed by atoms with Gasteiger partial charge in [-0.2, -0.15) is 9.97 Å². The van der Waals surface area contributed by atoms with Crippen molar-refractivity contribution in [3.63, 3.8) is 0 Å². The number of aromatic nitrogens is 3. The molecule has 0 unspecified atom stereocenters. The van der Waals surface area contributed by atoms with Gasteiger partial charge < -0.3 is 20.1 Å². The second kappa shape index (κ2) is 9.85. The van der Waals surface area contributed by atoms with E-state index in [0.29, 0.717) is 36.5 Å². The van der Waals surface area contributed by atoms with Crippen LogP contribution in [0.3, 0.4) is 0 Å². The molecule has 0 aliphatic carbocycles. The average Bonchev–Trinajstić information content (AvgIpc) is 3.46. The van der Waals surface area contributed by atoms with E-state index in [1.54, 1.807) is 12.3 Å². The van der Waals surface area contributed by atoms with E-state index in [-0.39, 0.29) is 41.0 Å². The van der Waals surface area contributed by atoms with Crippen molar-refractivity contribution in [3.8, 4) is 23.0 Å². The second-order valence-electron chi connectivity index (χ2n) is 11.1. The van der Waals surface area contributed by atoms with Crippen molar-refractivity contribution in [1.29, 1.82) is 0 Å². The minimum absolute atomic E-state index is 0.0231. The molecule has 0 atom stereocenters. The number of carbonyl (C=O) groups excluding carboxylic acids is 1. The number of hydrogen-bond acceptors (Lipinski definition) is 8. The fourth-order valence-electron chi connectivity index (χ4n) is 6.65. The van der Waals surface area contributed by atoms with Gasteiger partial charge in [-0.05, 0) is 68.1 Å². The number of ether oxygens (including phenoxy) is 1. The van der Waals surface area contributed by atoms with Gasteiger partial charge in [-0.1, -0.05) is 24.3 Å². The van der Waals surface area contributed by atoms with Crippen LogP contribution in [0.5, 0.6) is 11.8 Å². The maximum absolute atomic E-state index is 16.5. The number of pyridine rings is 1. The van der Waals surface area contributed by atoms with Gasteiger partial charge in [0.2, 0.25) is 5.91 Å². The van der Waals surface area contributed by atoms with Crippen molar-refractivity contribution in [2.75, 3.05) is 44.2 Å². The van der Waals surface area contributed by atoms with Gasteiger partial charge in [0.25, 0.3) is 0 Å². The van der Waals surface area contributed by atoms with Crippen LogP contribution >= 0.6 is 0 Å². The Balaban J connectivity index is 1.36. The van der Waals surface area contributed by atoms with Crippen LogP contribution in [0.25, 0.3) is 32.9 Å². The molecule has 9 nitrogen and oxygen atoms in total. The Kier molecular flexibility index (Phi) is 6.14. The topological polar surface area (TPSA) is 104 Å². The number of rotatable bonds is 5. The summed E-state index contributed by atoms with van der Waals surface area (Å²) in [5, 5.41) is 15.2. The second-order valence-corrected chi connectivity index (χ2v) is 11.1. The van der Waals surface area contributed by atoms with Gasteiger partial charge in [0.05, 0.1) is 17.5 Å². The van der Waals surface area contributed by atoms with Crippen molar-refractivity contribution in [1.82, 2.24) is 25.2 Å². The molecule has 3 aliphatic rings. The predicted molar refractivity (Wildman–Crippen MR) is 150 cm³/mol. The third-order valence-electron chi connectivity index (χ3n) is 8.59. The third-order valence-corrected chi connectivity index (χ3v) is 8.59.